The summed E-state index contributed by atoms with van der Waals surface area (Å²) >= 11 is 0. The first-order valence-corrected chi connectivity index (χ1v) is 7.36. The van der Waals surface area contributed by atoms with Crippen LogP contribution in [0.3, 0.4) is 0 Å². The maximum absolute atomic E-state index is 12.1. The van der Waals surface area contributed by atoms with Gasteiger partial charge in [-0.05, 0) is 44.9 Å². The number of benzene rings is 1. The molecule has 0 aliphatic heterocycles. The van der Waals surface area contributed by atoms with Gasteiger partial charge in [-0.15, -0.1) is 0 Å². The van der Waals surface area contributed by atoms with Crippen molar-refractivity contribution in [1.82, 2.24) is 10.2 Å². The molecule has 5 nitrogen and oxygen atoms in total. The Hall–Kier alpha value is -1.75. The highest BCUT2D eigenvalue weighted by Crippen LogP contribution is 2.19. The number of rotatable bonds is 7. The lowest BCUT2D eigenvalue weighted by atomic mass is 10.1. The van der Waals surface area contributed by atoms with Crippen LogP contribution >= 0.6 is 0 Å². The standard InChI is InChI=1S/C16H26N2O3/c1-5-21-15-8-6-7-14(11-15)13(3)17-16(20)18(4)10-9-12(2)19/h6-8,11-13,19H,5,9-10H2,1-4H3,(H,17,20). The van der Waals surface area contributed by atoms with Crippen molar-refractivity contribution in [2.75, 3.05) is 20.2 Å². The number of aliphatic hydroxyl groups excluding tert-OH is 1. The summed E-state index contributed by atoms with van der Waals surface area (Å²) in [7, 11) is 1.72. The summed E-state index contributed by atoms with van der Waals surface area (Å²) < 4.78 is 5.46. The van der Waals surface area contributed by atoms with Gasteiger partial charge < -0.3 is 20.1 Å². The lowest BCUT2D eigenvalue weighted by molar-refractivity contribution is 0.162. The molecular weight excluding hydrogens is 268 g/mol. The molecule has 2 amide bonds. The van der Waals surface area contributed by atoms with Crippen molar-refractivity contribution in [3.8, 4) is 5.75 Å². The third-order valence-electron chi connectivity index (χ3n) is 3.24. The molecule has 2 unspecified atom stereocenters. The van der Waals surface area contributed by atoms with Crippen LogP contribution in [-0.4, -0.2) is 42.3 Å². The van der Waals surface area contributed by atoms with Gasteiger partial charge in [-0.3, -0.25) is 0 Å². The number of carbonyl (C=O) groups excluding carboxylic acids is 1. The van der Waals surface area contributed by atoms with Crippen LogP contribution in [0.2, 0.25) is 0 Å². The highest BCUT2D eigenvalue weighted by atomic mass is 16.5. The van der Waals surface area contributed by atoms with Crippen molar-refractivity contribution in [1.29, 1.82) is 0 Å². The number of hydrogen-bond donors (Lipinski definition) is 2. The fourth-order valence-electron chi connectivity index (χ4n) is 1.90. The third-order valence-corrected chi connectivity index (χ3v) is 3.24. The molecule has 1 rings (SSSR count). The van der Waals surface area contributed by atoms with E-state index in [2.05, 4.69) is 5.32 Å². The summed E-state index contributed by atoms with van der Waals surface area (Å²) in [5.41, 5.74) is 0.998. The molecule has 118 valence electrons. The fourth-order valence-corrected chi connectivity index (χ4v) is 1.90. The molecule has 0 fully saturated rings. The number of ether oxygens (including phenoxy) is 1. The maximum atomic E-state index is 12.1. The van der Waals surface area contributed by atoms with Crippen LogP contribution in [0.15, 0.2) is 24.3 Å². The van der Waals surface area contributed by atoms with Gasteiger partial charge in [0.2, 0.25) is 0 Å². The maximum Gasteiger partial charge on any atom is 0.317 e. The number of amides is 2. The molecular formula is C16H26N2O3. The van der Waals surface area contributed by atoms with Crippen molar-refractivity contribution in [3.63, 3.8) is 0 Å². The summed E-state index contributed by atoms with van der Waals surface area (Å²) in [5, 5.41) is 12.2. The van der Waals surface area contributed by atoms with E-state index < -0.39 is 6.10 Å². The number of hydrogen-bond acceptors (Lipinski definition) is 3. The zero-order valence-electron chi connectivity index (χ0n) is 13.3. The fraction of sp³-hybridized carbons (Fsp3) is 0.562. The zero-order valence-corrected chi connectivity index (χ0v) is 13.3. The van der Waals surface area contributed by atoms with Gasteiger partial charge in [-0.1, -0.05) is 12.1 Å². The summed E-state index contributed by atoms with van der Waals surface area (Å²) in [6.45, 7) is 6.73. The first kappa shape index (κ1) is 17.3. The molecule has 1 aromatic rings. The number of nitrogens with zero attached hydrogens (tertiary/aromatic N) is 1. The molecule has 0 aliphatic carbocycles. The Morgan fingerprint density at radius 3 is 2.76 bits per heavy atom. The second kappa shape index (κ2) is 8.52. The quantitative estimate of drug-likeness (QED) is 0.812. The predicted octanol–water partition coefficient (Wildman–Crippen LogP) is 2.56. The van der Waals surface area contributed by atoms with E-state index in [1.54, 1.807) is 18.9 Å². The topological polar surface area (TPSA) is 61.8 Å². The van der Waals surface area contributed by atoms with Gasteiger partial charge in [0.25, 0.3) is 0 Å². The first-order chi connectivity index (χ1) is 9.93. The Labute approximate surface area is 126 Å². The summed E-state index contributed by atoms with van der Waals surface area (Å²) in [6.07, 6.45) is 0.165. The van der Waals surface area contributed by atoms with Crippen molar-refractivity contribution in [3.05, 3.63) is 29.8 Å². The van der Waals surface area contributed by atoms with Crippen molar-refractivity contribution >= 4 is 6.03 Å². The van der Waals surface area contributed by atoms with E-state index >= 15 is 0 Å². The van der Waals surface area contributed by atoms with E-state index in [4.69, 9.17) is 4.74 Å². The normalized spacial score (nSPS) is 13.4. The Morgan fingerprint density at radius 2 is 2.14 bits per heavy atom. The van der Waals surface area contributed by atoms with E-state index in [0.29, 0.717) is 19.6 Å². The average molecular weight is 294 g/mol. The highest BCUT2D eigenvalue weighted by molar-refractivity contribution is 5.74. The van der Waals surface area contributed by atoms with Gasteiger partial charge in [0, 0.05) is 13.6 Å². The average Bonchev–Trinajstić information content (AvgIpc) is 2.45. The molecule has 0 aliphatic rings. The Bertz CT molecular complexity index is 449. The van der Waals surface area contributed by atoms with Crippen LogP contribution in [0.25, 0.3) is 0 Å². The minimum atomic E-state index is -0.402. The van der Waals surface area contributed by atoms with Crippen molar-refractivity contribution in [2.45, 2.75) is 39.3 Å². The summed E-state index contributed by atoms with van der Waals surface area (Å²) in [6, 6.07) is 7.46. The SMILES string of the molecule is CCOc1cccc(C(C)NC(=O)N(C)CCC(C)O)c1. The van der Waals surface area contributed by atoms with Gasteiger partial charge in [0.05, 0.1) is 18.8 Å². The molecule has 21 heavy (non-hydrogen) atoms. The monoisotopic (exact) mass is 294 g/mol. The van der Waals surface area contributed by atoms with Crippen LogP contribution in [0, 0.1) is 0 Å². The van der Waals surface area contributed by atoms with Crippen molar-refractivity contribution < 1.29 is 14.6 Å². The molecule has 0 bridgehead atoms. The van der Waals surface area contributed by atoms with Crippen LogP contribution in [0.5, 0.6) is 5.75 Å². The van der Waals surface area contributed by atoms with Crippen LogP contribution < -0.4 is 10.1 Å². The Balaban J connectivity index is 2.57. The minimum Gasteiger partial charge on any atom is -0.494 e. The smallest absolute Gasteiger partial charge is 0.317 e. The van der Waals surface area contributed by atoms with E-state index in [9.17, 15) is 9.90 Å². The van der Waals surface area contributed by atoms with Crippen LogP contribution in [0.1, 0.15) is 38.8 Å². The molecule has 0 saturated heterocycles. The van der Waals surface area contributed by atoms with E-state index in [1.165, 1.54) is 0 Å². The van der Waals surface area contributed by atoms with Gasteiger partial charge in [0.15, 0.2) is 0 Å². The molecule has 2 N–H and O–H groups in total. The second-order valence-corrected chi connectivity index (χ2v) is 5.24. The van der Waals surface area contributed by atoms with Gasteiger partial charge in [-0.25, -0.2) is 4.79 Å². The lowest BCUT2D eigenvalue weighted by Gasteiger charge is -2.22. The Kier molecular flexibility index (Phi) is 7.02. The van der Waals surface area contributed by atoms with Gasteiger partial charge in [-0.2, -0.15) is 0 Å². The van der Waals surface area contributed by atoms with Gasteiger partial charge >= 0.3 is 6.03 Å². The minimum absolute atomic E-state index is 0.105. The Morgan fingerprint density at radius 1 is 1.43 bits per heavy atom. The number of aliphatic hydroxyl groups is 1. The van der Waals surface area contributed by atoms with Crippen LogP contribution in [0.4, 0.5) is 4.79 Å². The largest absolute Gasteiger partial charge is 0.494 e. The molecule has 0 heterocycles. The molecule has 0 spiro atoms. The highest BCUT2D eigenvalue weighted by Gasteiger charge is 2.14. The first-order valence-electron chi connectivity index (χ1n) is 7.36. The molecule has 1 aromatic carbocycles. The van der Waals surface area contributed by atoms with Crippen LogP contribution in [-0.2, 0) is 0 Å². The lowest BCUT2D eigenvalue weighted by Crippen LogP contribution is -2.39. The van der Waals surface area contributed by atoms with Gasteiger partial charge in [0.1, 0.15) is 5.75 Å². The second-order valence-electron chi connectivity index (χ2n) is 5.24. The molecule has 0 aromatic heterocycles. The molecule has 0 radical (unpaired) electrons. The molecule has 2 atom stereocenters. The van der Waals surface area contributed by atoms with E-state index in [-0.39, 0.29) is 12.1 Å². The van der Waals surface area contributed by atoms with E-state index in [1.807, 2.05) is 38.1 Å². The van der Waals surface area contributed by atoms with Crippen molar-refractivity contribution in [2.24, 2.45) is 0 Å². The summed E-state index contributed by atoms with van der Waals surface area (Å²) in [4.78, 5) is 13.6. The number of urea groups is 1. The summed E-state index contributed by atoms with van der Waals surface area (Å²) in [5.74, 6) is 0.804. The zero-order chi connectivity index (χ0) is 15.8. The van der Waals surface area contributed by atoms with E-state index in [0.717, 1.165) is 11.3 Å². The predicted molar refractivity (Wildman–Crippen MR) is 83.5 cm³/mol. The third kappa shape index (κ3) is 6.04. The number of nitrogens with one attached hydrogen (secondary N) is 1. The number of carbonyl (C=O) groups is 1. The molecule has 0 saturated carbocycles. The molecule has 5 heteroatoms.